The van der Waals surface area contributed by atoms with Crippen molar-refractivity contribution in [3.05, 3.63) is 71.9 Å². The van der Waals surface area contributed by atoms with Crippen molar-refractivity contribution in [2.75, 3.05) is 32.7 Å². The smallest absolute Gasteiger partial charge is 0.256 e. The maximum Gasteiger partial charge on any atom is 0.256 e. The number of nitrogens with one attached hydrogen (secondary N) is 1. The van der Waals surface area contributed by atoms with Crippen molar-refractivity contribution in [3.8, 4) is 0 Å². The van der Waals surface area contributed by atoms with Gasteiger partial charge < -0.3 is 4.90 Å². The fourth-order valence-corrected chi connectivity index (χ4v) is 3.35. The molecule has 3 aromatic rings. The van der Waals surface area contributed by atoms with E-state index in [-0.39, 0.29) is 5.91 Å². The fourth-order valence-electron chi connectivity index (χ4n) is 3.35. The number of rotatable bonds is 4. The Balaban J connectivity index is 1.34. The average Bonchev–Trinajstić information content (AvgIpc) is 3.18. The Bertz CT molecular complexity index is 908. The van der Waals surface area contributed by atoms with Gasteiger partial charge in [0.2, 0.25) is 0 Å². The summed E-state index contributed by atoms with van der Waals surface area (Å²) in [6.07, 6.45) is 6.09. The Morgan fingerprint density at radius 1 is 1.04 bits per heavy atom. The van der Waals surface area contributed by atoms with E-state index < -0.39 is 0 Å². The standard InChI is InChI=1S/C21H22N4O/c26-21(19-10-4-9-18-16-22-23-20(18)19)25-14-12-24(13-15-25)11-5-8-17-6-2-1-3-7-17/h1-10,16H,11-15H2,(H,22,23)/b8-5+. The maximum absolute atomic E-state index is 12.9. The monoisotopic (exact) mass is 346 g/mol. The second-order valence-corrected chi connectivity index (χ2v) is 6.55. The molecule has 0 saturated carbocycles. The van der Waals surface area contributed by atoms with E-state index in [0.717, 1.165) is 43.6 Å². The molecule has 1 N–H and O–H groups in total. The van der Waals surface area contributed by atoms with Crippen LogP contribution in [0.4, 0.5) is 0 Å². The molecule has 2 heterocycles. The number of carbonyl (C=O) groups excluding carboxylic acids is 1. The quantitative estimate of drug-likeness (QED) is 0.790. The van der Waals surface area contributed by atoms with Crippen LogP contribution in [0.5, 0.6) is 0 Å². The summed E-state index contributed by atoms with van der Waals surface area (Å²) in [6.45, 7) is 4.20. The SMILES string of the molecule is O=C(c1cccc2cn[nH]c12)N1CCN(C/C=C/c2ccccc2)CC1. The molecule has 1 aromatic heterocycles. The molecule has 2 aromatic carbocycles. The van der Waals surface area contributed by atoms with E-state index in [1.807, 2.05) is 41.3 Å². The number of para-hydroxylation sites is 1. The van der Waals surface area contributed by atoms with Crippen LogP contribution in [0.3, 0.4) is 0 Å². The van der Waals surface area contributed by atoms with Crippen LogP contribution in [0.15, 0.2) is 60.8 Å². The highest BCUT2D eigenvalue weighted by atomic mass is 16.2. The number of H-pyrrole nitrogens is 1. The van der Waals surface area contributed by atoms with Gasteiger partial charge in [-0.25, -0.2) is 0 Å². The minimum Gasteiger partial charge on any atom is -0.336 e. The lowest BCUT2D eigenvalue weighted by Crippen LogP contribution is -2.48. The summed E-state index contributed by atoms with van der Waals surface area (Å²) in [6, 6.07) is 16.1. The third kappa shape index (κ3) is 3.53. The Morgan fingerprint density at radius 2 is 1.85 bits per heavy atom. The molecule has 4 rings (SSSR count). The van der Waals surface area contributed by atoms with Crippen molar-refractivity contribution in [2.24, 2.45) is 0 Å². The van der Waals surface area contributed by atoms with Gasteiger partial charge in [-0.3, -0.25) is 14.8 Å². The summed E-state index contributed by atoms with van der Waals surface area (Å²) in [7, 11) is 0. The van der Waals surface area contributed by atoms with Gasteiger partial charge in [0.05, 0.1) is 17.3 Å². The van der Waals surface area contributed by atoms with Crippen LogP contribution >= 0.6 is 0 Å². The highest BCUT2D eigenvalue weighted by Crippen LogP contribution is 2.18. The number of nitrogens with zero attached hydrogens (tertiary/aromatic N) is 3. The van der Waals surface area contributed by atoms with E-state index in [9.17, 15) is 4.79 Å². The zero-order chi connectivity index (χ0) is 17.8. The van der Waals surface area contributed by atoms with Gasteiger partial charge in [0.25, 0.3) is 5.91 Å². The molecule has 0 unspecified atom stereocenters. The summed E-state index contributed by atoms with van der Waals surface area (Å²) >= 11 is 0. The fraction of sp³-hybridized carbons (Fsp3) is 0.238. The van der Waals surface area contributed by atoms with E-state index in [4.69, 9.17) is 0 Å². The highest BCUT2D eigenvalue weighted by molar-refractivity contribution is 6.05. The average molecular weight is 346 g/mol. The van der Waals surface area contributed by atoms with Crippen LogP contribution < -0.4 is 0 Å². The molecule has 0 atom stereocenters. The zero-order valence-corrected chi connectivity index (χ0v) is 14.6. The van der Waals surface area contributed by atoms with Gasteiger partial charge >= 0.3 is 0 Å². The molecule has 0 aliphatic carbocycles. The van der Waals surface area contributed by atoms with Crippen molar-refractivity contribution in [1.82, 2.24) is 20.0 Å². The van der Waals surface area contributed by atoms with Gasteiger partial charge in [-0.2, -0.15) is 5.10 Å². The lowest BCUT2D eigenvalue weighted by Gasteiger charge is -2.34. The summed E-state index contributed by atoms with van der Waals surface area (Å²) in [5, 5.41) is 7.96. The molecule has 1 amide bonds. The van der Waals surface area contributed by atoms with Crippen molar-refractivity contribution in [1.29, 1.82) is 0 Å². The first-order valence-corrected chi connectivity index (χ1v) is 8.96. The predicted molar refractivity (Wildman–Crippen MR) is 104 cm³/mol. The summed E-state index contributed by atoms with van der Waals surface area (Å²) in [5.41, 5.74) is 2.75. The van der Waals surface area contributed by atoms with Gasteiger partial charge in [-0.15, -0.1) is 0 Å². The minimum atomic E-state index is 0.0827. The summed E-state index contributed by atoms with van der Waals surface area (Å²) in [4.78, 5) is 17.2. The molecular formula is C21H22N4O. The molecule has 0 bridgehead atoms. The Labute approximate surface area is 152 Å². The third-order valence-electron chi connectivity index (χ3n) is 4.84. The second-order valence-electron chi connectivity index (χ2n) is 6.55. The molecule has 1 fully saturated rings. The molecule has 5 nitrogen and oxygen atoms in total. The van der Waals surface area contributed by atoms with Crippen molar-refractivity contribution >= 4 is 22.9 Å². The Kier molecular flexibility index (Phi) is 4.80. The van der Waals surface area contributed by atoms with E-state index >= 15 is 0 Å². The van der Waals surface area contributed by atoms with Crippen molar-refractivity contribution in [3.63, 3.8) is 0 Å². The minimum absolute atomic E-state index is 0.0827. The van der Waals surface area contributed by atoms with Gasteiger partial charge in [-0.1, -0.05) is 54.6 Å². The van der Waals surface area contributed by atoms with Crippen LogP contribution in [0.25, 0.3) is 17.0 Å². The molecule has 1 aliphatic rings. The summed E-state index contributed by atoms with van der Waals surface area (Å²) < 4.78 is 0. The number of fused-ring (bicyclic) bond motifs is 1. The maximum atomic E-state index is 12.9. The Hall–Kier alpha value is -2.92. The van der Waals surface area contributed by atoms with Crippen LogP contribution in [0.1, 0.15) is 15.9 Å². The van der Waals surface area contributed by atoms with Gasteiger partial charge in [0.1, 0.15) is 0 Å². The first-order valence-electron chi connectivity index (χ1n) is 8.96. The number of hydrogen-bond acceptors (Lipinski definition) is 3. The van der Waals surface area contributed by atoms with E-state index in [1.54, 1.807) is 6.20 Å². The molecular weight excluding hydrogens is 324 g/mol. The number of aromatic amines is 1. The molecule has 26 heavy (non-hydrogen) atoms. The second kappa shape index (κ2) is 7.54. The number of amides is 1. The zero-order valence-electron chi connectivity index (χ0n) is 14.6. The van der Waals surface area contributed by atoms with Crippen LogP contribution in [-0.2, 0) is 0 Å². The number of piperazine rings is 1. The number of benzene rings is 2. The van der Waals surface area contributed by atoms with Gasteiger partial charge in [0.15, 0.2) is 0 Å². The predicted octanol–water partition coefficient (Wildman–Crippen LogP) is 3.03. The van der Waals surface area contributed by atoms with Crippen LogP contribution in [-0.4, -0.2) is 58.6 Å². The largest absolute Gasteiger partial charge is 0.336 e. The summed E-state index contributed by atoms with van der Waals surface area (Å²) in [5.74, 6) is 0.0827. The van der Waals surface area contributed by atoms with E-state index in [2.05, 4.69) is 39.4 Å². The van der Waals surface area contributed by atoms with Crippen molar-refractivity contribution in [2.45, 2.75) is 0 Å². The van der Waals surface area contributed by atoms with Crippen LogP contribution in [0, 0.1) is 0 Å². The van der Waals surface area contributed by atoms with E-state index in [1.165, 1.54) is 5.56 Å². The lowest BCUT2D eigenvalue weighted by atomic mass is 10.1. The normalized spacial score (nSPS) is 15.8. The van der Waals surface area contributed by atoms with Gasteiger partial charge in [-0.05, 0) is 11.6 Å². The van der Waals surface area contributed by atoms with Gasteiger partial charge in [0, 0.05) is 38.1 Å². The molecule has 0 spiro atoms. The molecule has 0 radical (unpaired) electrons. The lowest BCUT2D eigenvalue weighted by molar-refractivity contribution is 0.0652. The molecule has 132 valence electrons. The van der Waals surface area contributed by atoms with Crippen LogP contribution in [0.2, 0.25) is 0 Å². The van der Waals surface area contributed by atoms with Crippen molar-refractivity contribution < 1.29 is 4.79 Å². The molecule has 1 saturated heterocycles. The third-order valence-corrected chi connectivity index (χ3v) is 4.84. The topological polar surface area (TPSA) is 52.2 Å². The number of aromatic nitrogens is 2. The Morgan fingerprint density at radius 3 is 2.65 bits per heavy atom. The molecule has 5 heteroatoms. The highest BCUT2D eigenvalue weighted by Gasteiger charge is 2.23. The molecule has 1 aliphatic heterocycles. The first kappa shape index (κ1) is 16.5. The number of carbonyl (C=O) groups is 1. The number of hydrogen-bond donors (Lipinski definition) is 1. The van der Waals surface area contributed by atoms with E-state index in [0.29, 0.717) is 5.56 Å². The first-order chi connectivity index (χ1) is 12.8.